The minimum atomic E-state index is -0.921. The van der Waals surface area contributed by atoms with Crippen molar-refractivity contribution in [1.82, 2.24) is 15.1 Å². The Hall–Kier alpha value is -3.37. The lowest BCUT2D eigenvalue weighted by atomic mass is 10.1. The van der Waals surface area contributed by atoms with Crippen molar-refractivity contribution in [2.75, 3.05) is 50.0 Å². The number of anilines is 2. The van der Waals surface area contributed by atoms with Crippen LogP contribution in [0.15, 0.2) is 46.9 Å². The van der Waals surface area contributed by atoms with E-state index in [9.17, 15) is 13.6 Å². The third kappa shape index (κ3) is 5.45. The number of halogens is 2. The van der Waals surface area contributed by atoms with Crippen LogP contribution in [0.5, 0.6) is 0 Å². The predicted octanol–water partition coefficient (Wildman–Crippen LogP) is 3.40. The van der Waals surface area contributed by atoms with Gasteiger partial charge in [-0.05, 0) is 49.4 Å². The molecular formula is C22H23F2N5O3. The first-order valence-corrected chi connectivity index (χ1v) is 10.3. The van der Waals surface area contributed by atoms with E-state index < -0.39 is 23.1 Å². The van der Waals surface area contributed by atoms with Gasteiger partial charge >= 0.3 is 6.01 Å². The molecule has 2 aromatic carbocycles. The Kier molecular flexibility index (Phi) is 7.03. The number of carbonyl (C=O) groups is 1. The Morgan fingerprint density at radius 2 is 1.75 bits per heavy atom. The molecule has 0 saturated carbocycles. The number of benzene rings is 2. The van der Waals surface area contributed by atoms with Crippen LogP contribution in [-0.4, -0.2) is 60.4 Å². The summed E-state index contributed by atoms with van der Waals surface area (Å²) in [6.07, 6.45) is 0.939. The van der Waals surface area contributed by atoms with Gasteiger partial charge in [-0.25, -0.2) is 8.78 Å². The van der Waals surface area contributed by atoms with Crippen LogP contribution in [0.1, 0.15) is 16.8 Å². The number of hydrogen-bond acceptors (Lipinski definition) is 7. The largest absolute Gasteiger partial charge is 0.403 e. The lowest BCUT2D eigenvalue weighted by Gasteiger charge is -2.26. The smallest absolute Gasteiger partial charge is 0.315 e. The molecule has 4 rings (SSSR count). The van der Waals surface area contributed by atoms with Crippen LogP contribution >= 0.6 is 0 Å². The van der Waals surface area contributed by atoms with E-state index in [-0.39, 0.29) is 0 Å². The summed E-state index contributed by atoms with van der Waals surface area (Å²) < 4.78 is 38.5. The first-order chi connectivity index (χ1) is 15.6. The molecule has 0 aliphatic carbocycles. The van der Waals surface area contributed by atoms with Crippen LogP contribution in [0.3, 0.4) is 0 Å². The molecule has 168 valence electrons. The number of amides is 1. The van der Waals surface area contributed by atoms with E-state index in [1.54, 1.807) is 24.3 Å². The van der Waals surface area contributed by atoms with Crippen LogP contribution in [0.25, 0.3) is 11.5 Å². The summed E-state index contributed by atoms with van der Waals surface area (Å²) >= 11 is 0. The third-order valence-corrected chi connectivity index (χ3v) is 5.04. The fraction of sp³-hybridized carbons (Fsp3) is 0.318. The normalized spacial score (nSPS) is 14.3. The zero-order valence-corrected chi connectivity index (χ0v) is 17.3. The van der Waals surface area contributed by atoms with Crippen molar-refractivity contribution in [3.05, 3.63) is 59.7 Å². The van der Waals surface area contributed by atoms with E-state index in [1.807, 2.05) is 0 Å². The van der Waals surface area contributed by atoms with Gasteiger partial charge in [-0.15, -0.1) is 5.10 Å². The Balaban J connectivity index is 1.29. The molecule has 0 bridgehead atoms. The second-order valence-corrected chi connectivity index (χ2v) is 7.27. The van der Waals surface area contributed by atoms with Crippen LogP contribution in [0.2, 0.25) is 0 Å². The van der Waals surface area contributed by atoms with Crippen LogP contribution in [0.4, 0.5) is 20.5 Å². The lowest BCUT2D eigenvalue weighted by Crippen LogP contribution is -2.37. The molecule has 0 unspecified atom stereocenters. The standard InChI is InChI=1S/C22H23F2N5O3/c23-17-3-1-4-18(24)19(17)20(30)26-16-7-5-15(6-8-16)21-27-28-22(32-21)25-9-2-10-29-11-13-31-14-12-29/h1,3-8H,2,9-14H2,(H,25,28)(H,26,30). The zero-order valence-electron chi connectivity index (χ0n) is 17.3. The van der Waals surface area contributed by atoms with Gasteiger partial charge in [-0.1, -0.05) is 11.2 Å². The van der Waals surface area contributed by atoms with Crippen molar-refractivity contribution in [3.63, 3.8) is 0 Å². The van der Waals surface area contributed by atoms with E-state index in [4.69, 9.17) is 9.15 Å². The summed E-state index contributed by atoms with van der Waals surface area (Å²) in [4.78, 5) is 14.5. The molecule has 2 N–H and O–H groups in total. The van der Waals surface area contributed by atoms with E-state index in [0.29, 0.717) is 29.7 Å². The van der Waals surface area contributed by atoms with Crippen molar-refractivity contribution in [1.29, 1.82) is 0 Å². The number of ether oxygens (including phenoxy) is 1. The van der Waals surface area contributed by atoms with Crippen LogP contribution in [0, 0.1) is 11.6 Å². The minimum absolute atomic E-state index is 0.318. The first-order valence-electron chi connectivity index (χ1n) is 10.3. The maximum absolute atomic E-state index is 13.8. The number of rotatable bonds is 8. The van der Waals surface area contributed by atoms with Crippen molar-refractivity contribution in [3.8, 4) is 11.5 Å². The quantitative estimate of drug-likeness (QED) is 0.516. The highest BCUT2D eigenvalue weighted by Gasteiger charge is 2.17. The summed E-state index contributed by atoms with van der Waals surface area (Å²) in [6.45, 7) is 5.15. The monoisotopic (exact) mass is 443 g/mol. The number of aromatic nitrogens is 2. The van der Waals surface area contributed by atoms with Crippen LogP contribution in [-0.2, 0) is 4.74 Å². The van der Waals surface area contributed by atoms with Gasteiger partial charge in [0.15, 0.2) is 0 Å². The molecule has 0 radical (unpaired) electrons. The SMILES string of the molecule is O=C(Nc1ccc(-c2nnc(NCCCN3CCOCC3)o2)cc1)c1c(F)cccc1F. The van der Waals surface area contributed by atoms with Gasteiger partial charge in [-0.2, -0.15) is 0 Å². The van der Waals surface area contributed by atoms with Gasteiger partial charge in [0.05, 0.1) is 13.2 Å². The van der Waals surface area contributed by atoms with Crippen molar-refractivity contribution in [2.24, 2.45) is 0 Å². The number of carbonyl (C=O) groups excluding carboxylic acids is 1. The highest BCUT2D eigenvalue weighted by molar-refractivity contribution is 6.04. The molecule has 1 saturated heterocycles. The lowest BCUT2D eigenvalue weighted by molar-refractivity contribution is 0.0378. The van der Waals surface area contributed by atoms with E-state index in [1.165, 1.54) is 6.07 Å². The minimum Gasteiger partial charge on any atom is -0.403 e. The van der Waals surface area contributed by atoms with Gasteiger partial charge in [0.2, 0.25) is 5.89 Å². The number of hydrogen-bond donors (Lipinski definition) is 2. The summed E-state index contributed by atoms with van der Waals surface area (Å²) in [5.74, 6) is -2.39. The van der Waals surface area contributed by atoms with Gasteiger partial charge in [0.25, 0.3) is 5.91 Å². The number of nitrogens with zero attached hydrogens (tertiary/aromatic N) is 3. The average Bonchev–Trinajstić information content (AvgIpc) is 3.27. The summed E-state index contributed by atoms with van der Waals surface area (Å²) in [5, 5.41) is 13.6. The average molecular weight is 443 g/mol. The summed E-state index contributed by atoms with van der Waals surface area (Å²) in [5.41, 5.74) is 0.397. The molecule has 1 aromatic heterocycles. The molecule has 3 aromatic rings. The molecule has 1 aliphatic rings. The van der Waals surface area contributed by atoms with E-state index in [0.717, 1.165) is 51.4 Å². The summed E-state index contributed by atoms with van der Waals surface area (Å²) in [7, 11) is 0. The fourth-order valence-electron chi connectivity index (χ4n) is 3.34. The van der Waals surface area contributed by atoms with Crippen molar-refractivity contribution >= 4 is 17.6 Å². The molecule has 8 nitrogen and oxygen atoms in total. The molecular weight excluding hydrogens is 420 g/mol. The second-order valence-electron chi connectivity index (χ2n) is 7.27. The molecule has 0 atom stereocenters. The summed E-state index contributed by atoms with van der Waals surface area (Å²) in [6, 6.07) is 10.1. The fourth-order valence-corrected chi connectivity index (χ4v) is 3.34. The maximum atomic E-state index is 13.8. The molecule has 32 heavy (non-hydrogen) atoms. The highest BCUT2D eigenvalue weighted by Crippen LogP contribution is 2.22. The Bertz CT molecular complexity index is 1030. The third-order valence-electron chi connectivity index (χ3n) is 5.04. The molecule has 2 heterocycles. The molecule has 1 aliphatic heterocycles. The zero-order chi connectivity index (χ0) is 22.3. The van der Waals surface area contributed by atoms with Gasteiger partial charge in [-0.3, -0.25) is 9.69 Å². The molecule has 1 fully saturated rings. The van der Waals surface area contributed by atoms with Crippen LogP contribution < -0.4 is 10.6 Å². The molecule has 1 amide bonds. The number of nitrogens with one attached hydrogen (secondary N) is 2. The molecule has 10 heteroatoms. The number of morpholine rings is 1. The first kappa shape index (κ1) is 21.8. The topological polar surface area (TPSA) is 92.5 Å². The Morgan fingerprint density at radius 1 is 1.03 bits per heavy atom. The van der Waals surface area contributed by atoms with Gasteiger partial charge in [0, 0.05) is 30.9 Å². The Labute approximate surface area is 183 Å². The van der Waals surface area contributed by atoms with Gasteiger partial charge < -0.3 is 19.8 Å². The second kappa shape index (κ2) is 10.3. The van der Waals surface area contributed by atoms with Crippen molar-refractivity contribution in [2.45, 2.75) is 6.42 Å². The van der Waals surface area contributed by atoms with E-state index in [2.05, 4.69) is 25.7 Å². The van der Waals surface area contributed by atoms with Crippen molar-refractivity contribution < 1.29 is 22.7 Å². The Morgan fingerprint density at radius 3 is 2.47 bits per heavy atom. The molecule has 0 spiro atoms. The van der Waals surface area contributed by atoms with Gasteiger partial charge in [0.1, 0.15) is 17.2 Å². The maximum Gasteiger partial charge on any atom is 0.315 e. The predicted molar refractivity (Wildman–Crippen MR) is 114 cm³/mol. The highest BCUT2D eigenvalue weighted by atomic mass is 19.1. The van der Waals surface area contributed by atoms with E-state index >= 15 is 0 Å².